The minimum Gasteiger partial charge on any atom is -0.461 e. The topological polar surface area (TPSA) is 103 Å². The van der Waals surface area contributed by atoms with Gasteiger partial charge in [-0.3, -0.25) is 0 Å². The van der Waals surface area contributed by atoms with Crippen LogP contribution in [-0.2, 0) is 26.1 Å². The molecule has 0 aliphatic carbocycles. The van der Waals surface area contributed by atoms with Crippen molar-refractivity contribution in [3.05, 3.63) is 45.9 Å². The van der Waals surface area contributed by atoms with Crippen LogP contribution in [0.1, 0.15) is 46.6 Å². The number of carbonyl (C=O) groups is 2. The number of sulfonamides is 1. The monoisotopic (exact) mass is 426 g/mol. The maximum absolute atomic E-state index is 12.6. The molecule has 0 atom stereocenters. The Morgan fingerprint density at radius 1 is 1.11 bits per heavy atom. The van der Waals surface area contributed by atoms with Gasteiger partial charge >= 0.3 is 11.9 Å². The molecular weight excluding hydrogens is 404 g/mol. The summed E-state index contributed by atoms with van der Waals surface area (Å²) in [6.07, 6.45) is 0. The van der Waals surface area contributed by atoms with Crippen LogP contribution in [0.4, 0.5) is 0 Å². The van der Waals surface area contributed by atoms with E-state index in [0.717, 1.165) is 11.3 Å². The number of hydrogen-bond acceptors (Lipinski definition) is 8. The quantitative estimate of drug-likeness (QED) is 0.568. The normalized spacial score (nSPS) is 11.4. The van der Waals surface area contributed by atoms with Crippen molar-refractivity contribution in [2.75, 3.05) is 19.7 Å². The summed E-state index contributed by atoms with van der Waals surface area (Å²) in [7, 11) is -3.67. The van der Waals surface area contributed by atoms with E-state index in [9.17, 15) is 18.0 Å². The maximum Gasteiger partial charge on any atom is 0.367 e. The predicted octanol–water partition coefficient (Wildman–Crippen LogP) is 2.71. The highest BCUT2D eigenvalue weighted by Gasteiger charge is 2.23. The smallest absolute Gasteiger partial charge is 0.367 e. The van der Waals surface area contributed by atoms with Gasteiger partial charge in [0.1, 0.15) is 6.61 Å². The number of aromatic nitrogens is 1. The first-order valence-electron chi connectivity index (χ1n) is 8.72. The van der Waals surface area contributed by atoms with Crippen molar-refractivity contribution in [2.24, 2.45) is 0 Å². The lowest BCUT2D eigenvalue weighted by atomic mass is 10.2. The highest BCUT2D eigenvalue weighted by Crippen LogP contribution is 2.18. The van der Waals surface area contributed by atoms with Crippen molar-refractivity contribution in [1.29, 1.82) is 0 Å². The van der Waals surface area contributed by atoms with Gasteiger partial charge in [-0.25, -0.2) is 23.0 Å². The highest BCUT2D eigenvalue weighted by atomic mass is 32.2. The van der Waals surface area contributed by atoms with E-state index in [1.807, 2.05) is 0 Å². The Balaban J connectivity index is 2.08. The van der Waals surface area contributed by atoms with Crippen LogP contribution in [0.2, 0.25) is 0 Å². The predicted molar refractivity (Wildman–Crippen MR) is 104 cm³/mol. The summed E-state index contributed by atoms with van der Waals surface area (Å²) in [6.45, 7) is 5.97. The number of esters is 2. The van der Waals surface area contributed by atoms with Crippen molar-refractivity contribution in [1.82, 2.24) is 9.29 Å². The molecule has 8 nitrogen and oxygen atoms in total. The standard InChI is InChI=1S/C18H22N2O6S2/c1-4-20(5-2)28(23,24)15-9-7-8-13(10-15)17(21)26-11-14-12-27-16(19-14)18(22)25-6-3/h7-10,12H,4-6,11H2,1-3H3. The minimum absolute atomic E-state index is 0.0314. The van der Waals surface area contributed by atoms with Gasteiger partial charge in [0, 0.05) is 18.5 Å². The van der Waals surface area contributed by atoms with Gasteiger partial charge in [-0.1, -0.05) is 19.9 Å². The van der Waals surface area contributed by atoms with E-state index in [1.165, 1.54) is 28.6 Å². The summed E-state index contributed by atoms with van der Waals surface area (Å²) in [4.78, 5) is 28.0. The fourth-order valence-electron chi connectivity index (χ4n) is 2.38. The summed E-state index contributed by atoms with van der Waals surface area (Å²) < 4.78 is 36.5. The molecule has 0 aliphatic rings. The average molecular weight is 427 g/mol. The molecule has 0 saturated heterocycles. The molecule has 0 fully saturated rings. The van der Waals surface area contributed by atoms with E-state index in [-0.39, 0.29) is 28.7 Å². The summed E-state index contributed by atoms with van der Waals surface area (Å²) in [5, 5.41) is 1.78. The summed E-state index contributed by atoms with van der Waals surface area (Å²) in [6, 6.07) is 5.71. The van der Waals surface area contributed by atoms with Crippen LogP contribution in [0.25, 0.3) is 0 Å². The molecule has 2 aromatic rings. The van der Waals surface area contributed by atoms with Crippen LogP contribution >= 0.6 is 11.3 Å². The van der Waals surface area contributed by atoms with E-state index in [2.05, 4.69) is 4.98 Å². The van der Waals surface area contributed by atoms with Crippen molar-refractivity contribution in [2.45, 2.75) is 32.3 Å². The van der Waals surface area contributed by atoms with Gasteiger partial charge < -0.3 is 9.47 Å². The zero-order valence-electron chi connectivity index (χ0n) is 15.9. The lowest BCUT2D eigenvalue weighted by Crippen LogP contribution is -2.30. The Bertz CT molecular complexity index is 935. The van der Waals surface area contributed by atoms with Crippen molar-refractivity contribution in [3.8, 4) is 0 Å². The molecule has 10 heteroatoms. The molecule has 1 heterocycles. The lowest BCUT2D eigenvalue weighted by Gasteiger charge is -2.18. The lowest BCUT2D eigenvalue weighted by molar-refractivity contribution is 0.0468. The van der Waals surface area contributed by atoms with Gasteiger partial charge in [0.25, 0.3) is 0 Å². The molecule has 152 valence electrons. The Kier molecular flexibility index (Phi) is 7.67. The summed E-state index contributed by atoms with van der Waals surface area (Å²) >= 11 is 1.10. The van der Waals surface area contributed by atoms with Crippen LogP contribution < -0.4 is 0 Å². The maximum atomic E-state index is 12.6. The molecule has 0 unspecified atom stereocenters. The first-order valence-corrected chi connectivity index (χ1v) is 11.0. The minimum atomic E-state index is -3.67. The third kappa shape index (κ3) is 5.15. The van der Waals surface area contributed by atoms with Crippen molar-refractivity contribution in [3.63, 3.8) is 0 Å². The molecule has 0 amide bonds. The van der Waals surface area contributed by atoms with E-state index in [0.29, 0.717) is 18.8 Å². The number of thiazole rings is 1. The number of rotatable bonds is 9. The molecule has 2 rings (SSSR count). The third-order valence-corrected chi connectivity index (χ3v) is 6.68. The van der Waals surface area contributed by atoms with Gasteiger partial charge in [-0.2, -0.15) is 4.31 Å². The van der Waals surface area contributed by atoms with Crippen LogP contribution in [0.5, 0.6) is 0 Å². The Morgan fingerprint density at radius 2 is 1.82 bits per heavy atom. The van der Waals surface area contributed by atoms with Gasteiger partial charge in [-0.15, -0.1) is 11.3 Å². The molecular formula is C18H22N2O6S2. The zero-order chi connectivity index (χ0) is 20.7. The molecule has 0 saturated carbocycles. The number of carbonyl (C=O) groups excluding carboxylic acids is 2. The number of hydrogen-bond donors (Lipinski definition) is 0. The van der Waals surface area contributed by atoms with Gasteiger partial charge in [0.15, 0.2) is 0 Å². The second kappa shape index (κ2) is 9.76. The molecule has 0 bridgehead atoms. The van der Waals surface area contributed by atoms with Crippen molar-refractivity contribution >= 4 is 33.3 Å². The number of ether oxygens (including phenoxy) is 2. The van der Waals surface area contributed by atoms with Gasteiger partial charge in [0.05, 0.1) is 22.8 Å². The van der Waals surface area contributed by atoms with Crippen LogP contribution in [0, 0.1) is 0 Å². The SMILES string of the molecule is CCOC(=O)c1nc(COC(=O)c2cccc(S(=O)(=O)N(CC)CC)c2)cs1. The molecule has 0 aliphatic heterocycles. The van der Waals surface area contributed by atoms with Gasteiger partial charge in [0.2, 0.25) is 15.0 Å². The molecule has 1 aromatic heterocycles. The van der Waals surface area contributed by atoms with Crippen LogP contribution in [0.3, 0.4) is 0 Å². The van der Waals surface area contributed by atoms with E-state index in [4.69, 9.17) is 9.47 Å². The molecule has 1 aromatic carbocycles. The summed E-state index contributed by atoms with van der Waals surface area (Å²) in [5.41, 5.74) is 0.530. The summed E-state index contributed by atoms with van der Waals surface area (Å²) in [5.74, 6) is -1.21. The number of benzene rings is 1. The third-order valence-electron chi connectivity index (χ3n) is 3.77. The largest absolute Gasteiger partial charge is 0.461 e. The first-order chi connectivity index (χ1) is 13.3. The average Bonchev–Trinajstić information content (AvgIpc) is 3.16. The Labute approximate surface area is 168 Å². The van der Waals surface area contributed by atoms with Gasteiger partial charge in [-0.05, 0) is 25.1 Å². The molecule has 0 radical (unpaired) electrons. The van der Waals surface area contributed by atoms with Crippen LogP contribution in [-0.4, -0.2) is 49.3 Å². The molecule has 0 spiro atoms. The second-order valence-electron chi connectivity index (χ2n) is 5.56. The second-order valence-corrected chi connectivity index (χ2v) is 8.35. The van der Waals surface area contributed by atoms with E-state index < -0.39 is 22.0 Å². The Morgan fingerprint density at radius 3 is 2.46 bits per heavy atom. The van der Waals surface area contributed by atoms with E-state index >= 15 is 0 Å². The van der Waals surface area contributed by atoms with E-state index in [1.54, 1.807) is 26.2 Å². The Hall–Kier alpha value is -2.30. The van der Waals surface area contributed by atoms with Crippen molar-refractivity contribution < 1.29 is 27.5 Å². The fourth-order valence-corrected chi connectivity index (χ4v) is 4.58. The zero-order valence-corrected chi connectivity index (χ0v) is 17.5. The first kappa shape index (κ1) is 22.0. The molecule has 0 N–H and O–H groups in total. The van der Waals surface area contributed by atoms with Crippen LogP contribution in [0.15, 0.2) is 34.5 Å². The fraction of sp³-hybridized carbons (Fsp3) is 0.389. The molecule has 28 heavy (non-hydrogen) atoms. The number of nitrogens with zero attached hydrogens (tertiary/aromatic N) is 2. The highest BCUT2D eigenvalue weighted by molar-refractivity contribution is 7.89.